The number of thioether (sulfide) groups is 1. The molecule has 0 atom stereocenters. The van der Waals surface area contributed by atoms with Crippen molar-refractivity contribution in [2.75, 3.05) is 7.11 Å². The predicted molar refractivity (Wildman–Crippen MR) is 114 cm³/mol. The van der Waals surface area contributed by atoms with Gasteiger partial charge >= 0.3 is 0 Å². The molecule has 0 aliphatic carbocycles. The number of halogens is 1. The van der Waals surface area contributed by atoms with Crippen molar-refractivity contribution in [3.63, 3.8) is 0 Å². The van der Waals surface area contributed by atoms with Crippen molar-refractivity contribution in [1.82, 2.24) is 9.55 Å². The Balaban J connectivity index is 1.77. The Morgan fingerprint density at radius 3 is 2.66 bits per heavy atom. The molecule has 0 bridgehead atoms. The Bertz CT molecular complexity index is 1220. The van der Waals surface area contributed by atoms with Gasteiger partial charge in [-0.05, 0) is 35.9 Å². The topological polar surface area (TPSA) is 44.1 Å². The molecule has 4 aromatic rings. The third-order valence-corrected chi connectivity index (χ3v) is 5.65. The van der Waals surface area contributed by atoms with Crippen molar-refractivity contribution in [3.8, 4) is 5.75 Å². The van der Waals surface area contributed by atoms with Crippen LogP contribution in [0.2, 0.25) is 0 Å². The normalized spacial score (nSPS) is 11.0. The van der Waals surface area contributed by atoms with Crippen LogP contribution in [0.4, 0.5) is 4.39 Å². The number of benzene rings is 3. The van der Waals surface area contributed by atoms with E-state index in [1.54, 1.807) is 23.8 Å². The van der Waals surface area contributed by atoms with E-state index in [-0.39, 0.29) is 11.4 Å². The van der Waals surface area contributed by atoms with E-state index in [0.717, 1.165) is 11.1 Å². The van der Waals surface area contributed by atoms with Gasteiger partial charge in [-0.25, -0.2) is 9.37 Å². The molecule has 0 radical (unpaired) electrons. The van der Waals surface area contributed by atoms with Crippen molar-refractivity contribution >= 4 is 22.7 Å². The lowest BCUT2D eigenvalue weighted by Crippen LogP contribution is -2.24. The fourth-order valence-corrected chi connectivity index (χ4v) is 4.12. The van der Waals surface area contributed by atoms with Gasteiger partial charge in [-0.3, -0.25) is 9.36 Å². The number of fused-ring (bicyclic) bond motifs is 1. The molecule has 3 aromatic carbocycles. The highest BCUT2D eigenvalue weighted by Crippen LogP contribution is 2.25. The lowest BCUT2D eigenvalue weighted by atomic mass is 10.2. The molecule has 0 N–H and O–H groups in total. The Morgan fingerprint density at radius 1 is 1.03 bits per heavy atom. The summed E-state index contributed by atoms with van der Waals surface area (Å²) < 4.78 is 20.6. The Morgan fingerprint density at radius 2 is 1.83 bits per heavy atom. The summed E-state index contributed by atoms with van der Waals surface area (Å²) in [6, 6.07) is 21.4. The number of hydrogen-bond donors (Lipinski definition) is 0. The summed E-state index contributed by atoms with van der Waals surface area (Å²) in [7, 11) is 1.61. The summed E-state index contributed by atoms with van der Waals surface area (Å²) in [5.41, 5.74) is 2.27. The zero-order chi connectivity index (χ0) is 20.2. The largest absolute Gasteiger partial charge is 0.496 e. The first-order chi connectivity index (χ1) is 14.2. The second-order valence-corrected chi connectivity index (χ2v) is 7.48. The van der Waals surface area contributed by atoms with Crippen LogP contribution in [-0.4, -0.2) is 16.7 Å². The van der Waals surface area contributed by atoms with Gasteiger partial charge in [0, 0.05) is 11.3 Å². The maximum Gasteiger partial charge on any atom is 0.262 e. The van der Waals surface area contributed by atoms with E-state index in [0.29, 0.717) is 34.1 Å². The molecule has 0 aliphatic heterocycles. The zero-order valence-corrected chi connectivity index (χ0v) is 16.7. The maximum absolute atomic E-state index is 13.5. The van der Waals surface area contributed by atoms with Crippen LogP contribution in [-0.2, 0) is 12.3 Å². The standard InChI is InChI=1S/C23H19FN2O2S/c1-28-21-12-5-2-8-17(21)14-26-22(27)19-10-3-4-11-20(19)25-23(26)29-15-16-7-6-9-18(24)13-16/h2-13H,14-15H2,1H3. The number of nitrogens with zero attached hydrogens (tertiary/aromatic N) is 2. The molecule has 0 aliphatic rings. The van der Waals surface area contributed by atoms with Gasteiger partial charge in [-0.2, -0.15) is 0 Å². The molecular weight excluding hydrogens is 387 g/mol. The molecule has 0 spiro atoms. The van der Waals surface area contributed by atoms with Crippen LogP contribution >= 0.6 is 11.8 Å². The van der Waals surface area contributed by atoms with Gasteiger partial charge in [-0.15, -0.1) is 0 Å². The fraction of sp³-hybridized carbons (Fsp3) is 0.130. The lowest BCUT2D eigenvalue weighted by molar-refractivity contribution is 0.407. The van der Waals surface area contributed by atoms with Gasteiger partial charge in [0.2, 0.25) is 0 Å². The number of methoxy groups -OCH3 is 1. The van der Waals surface area contributed by atoms with E-state index in [9.17, 15) is 9.18 Å². The molecule has 0 saturated carbocycles. The monoisotopic (exact) mass is 406 g/mol. The van der Waals surface area contributed by atoms with Crippen LogP contribution in [0, 0.1) is 5.82 Å². The van der Waals surface area contributed by atoms with Crippen molar-refractivity contribution in [2.45, 2.75) is 17.5 Å². The Hall–Kier alpha value is -3.12. The molecule has 1 heterocycles. The van der Waals surface area contributed by atoms with Gasteiger partial charge in [0.25, 0.3) is 5.56 Å². The maximum atomic E-state index is 13.5. The SMILES string of the molecule is COc1ccccc1Cn1c(SCc2cccc(F)c2)nc2ccccc2c1=O. The van der Waals surface area contributed by atoms with Crippen LogP contribution in [0.15, 0.2) is 82.7 Å². The first-order valence-corrected chi connectivity index (χ1v) is 10.1. The highest BCUT2D eigenvalue weighted by atomic mass is 32.2. The van der Waals surface area contributed by atoms with Crippen LogP contribution in [0.1, 0.15) is 11.1 Å². The van der Waals surface area contributed by atoms with Crippen LogP contribution in [0.25, 0.3) is 10.9 Å². The quantitative estimate of drug-likeness (QED) is 0.338. The molecule has 0 unspecified atom stereocenters. The summed E-state index contributed by atoms with van der Waals surface area (Å²) in [4.78, 5) is 17.9. The van der Waals surface area contributed by atoms with Gasteiger partial charge in [0.1, 0.15) is 11.6 Å². The van der Waals surface area contributed by atoms with E-state index in [1.807, 2.05) is 48.5 Å². The summed E-state index contributed by atoms with van der Waals surface area (Å²) in [6.45, 7) is 0.339. The minimum absolute atomic E-state index is 0.108. The van der Waals surface area contributed by atoms with Crippen LogP contribution in [0.3, 0.4) is 0 Å². The summed E-state index contributed by atoms with van der Waals surface area (Å²) in [5, 5.41) is 1.15. The van der Waals surface area contributed by atoms with E-state index < -0.39 is 0 Å². The number of hydrogen-bond acceptors (Lipinski definition) is 4. The molecule has 0 saturated heterocycles. The number of para-hydroxylation sites is 2. The number of ether oxygens (including phenoxy) is 1. The molecule has 4 nitrogen and oxygen atoms in total. The lowest BCUT2D eigenvalue weighted by Gasteiger charge is -2.15. The van der Waals surface area contributed by atoms with Crippen molar-refractivity contribution < 1.29 is 9.13 Å². The van der Waals surface area contributed by atoms with Crippen molar-refractivity contribution in [2.24, 2.45) is 0 Å². The highest BCUT2D eigenvalue weighted by molar-refractivity contribution is 7.98. The Kier molecular flexibility index (Phi) is 5.62. The van der Waals surface area contributed by atoms with E-state index in [2.05, 4.69) is 0 Å². The summed E-state index contributed by atoms with van der Waals surface area (Å²) in [5.74, 6) is 0.948. The molecule has 29 heavy (non-hydrogen) atoms. The predicted octanol–water partition coefficient (Wildman–Crippen LogP) is 4.88. The fourth-order valence-electron chi connectivity index (χ4n) is 3.18. The van der Waals surface area contributed by atoms with E-state index >= 15 is 0 Å². The van der Waals surface area contributed by atoms with Crippen molar-refractivity contribution in [3.05, 3.63) is 100 Å². The Labute approximate surface area is 172 Å². The minimum atomic E-state index is -0.277. The number of aromatic nitrogens is 2. The smallest absolute Gasteiger partial charge is 0.262 e. The first-order valence-electron chi connectivity index (χ1n) is 9.14. The molecule has 4 rings (SSSR count). The second kappa shape index (κ2) is 8.49. The van der Waals surface area contributed by atoms with Gasteiger partial charge in [0.15, 0.2) is 5.16 Å². The van der Waals surface area contributed by atoms with Gasteiger partial charge in [-0.1, -0.05) is 54.2 Å². The van der Waals surface area contributed by atoms with Crippen molar-refractivity contribution in [1.29, 1.82) is 0 Å². The third kappa shape index (κ3) is 4.17. The zero-order valence-electron chi connectivity index (χ0n) is 15.8. The van der Waals surface area contributed by atoms with Crippen LogP contribution in [0.5, 0.6) is 5.75 Å². The summed E-state index contributed by atoms with van der Waals surface area (Å²) >= 11 is 1.41. The molecular formula is C23H19FN2O2S. The highest BCUT2D eigenvalue weighted by Gasteiger charge is 2.14. The number of rotatable bonds is 6. The molecule has 0 amide bonds. The molecule has 146 valence electrons. The summed E-state index contributed by atoms with van der Waals surface area (Å²) in [6.07, 6.45) is 0. The molecule has 6 heteroatoms. The second-order valence-electron chi connectivity index (χ2n) is 6.53. The van der Waals surface area contributed by atoms with Gasteiger partial charge in [0.05, 0.1) is 24.6 Å². The molecule has 0 fully saturated rings. The van der Waals surface area contributed by atoms with Gasteiger partial charge < -0.3 is 4.74 Å². The molecule has 1 aromatic heterocycles. The first kappa shape index (κ1) is 19.2. The van der Waals surface area contributed by atoms with Crippen LogP contribution < -0.4 is 10.3 Å². The third-order valence-electron chi connectivity index (χ3n) is 4.60. The average molecular weight is 406 g/mol. The van der Waals surface area contributed by atoms with E-state index in [1.165, 1.54) is 23.9 Å². The van der Waals surface area contributed by atoms with E-state index in [4.69, 9.17) is 9.72 Å². The average Bonchev–Trinajstić information content (AvgIpc) is 2.75. The minimum Gasteiger partial charge on any atom is -0.496 e.